The first-order valence-corrected chi connectivity index (χ1v) is 10.3. The predicted molar refractivity (Wildman–Crippen MR) is 112 cm³/mol. The van der Waals surface area contributed by atoms with Crippen molar-refractivity contribution in [2.24, 2.45) is 0 Å². The van der Waals surface area contributed by atoms with Crippen LogP contribution < -0.4 is 5.32 Å². The summed E-state index contributed by atoms with van der Waals surface area (Å²) in [5, 5.41) is 6.65. The quantitative estimate of drug-likeness (QED) is 0.567. The third-order valence-corrected chi connectivity index (χ3v) is 5.32. The second-order valence-corrected chi connectivity index (χ2v) is 7.69. The Labute approximate surface area is 187 Å². The van der Waals surface area contributed by atoms with E-state index in [1.54, 1.807) is 12.1 Å². The molecule has 1 amide bonds. The number of hydrogen-bond donors (Lipinski definition) is 1. The summed E-state index contributed by atoms with van der Waals surface area (Å²) in [5.41, 5.74) is 0.746. The van der Waals surface area contributed by atoms with Crippen LogP contribution in [0.15, 0.2) is 47.1 Å². The van der Waals surface area contributed by atoms with E-state index < -0.39 is 11.7 Å². The van der Waals surface area contributed by atoms with Crippen molar-refractivity contribution < 1.29 is 27.2 Å². The first-order chi connectivity index (χ1) is 15.8. The highest BCUT2D eigenvalue weighted by Crippen LogP contribution is 2.34. The summed E-state index contributed by atoms with van der Waals surface area (Å²) in [7, 11) is 1.43. The molecule has 1 N–H and O–H groups in total. The van der Waals surface area contributed by atoms with E-state index in [4.69, 9.17) is 9.26 Å². The summed E-state index contributed by atoms with van der Waals surface area (Å²) in [6, 6.07) is 8.42. The van der Waals surface area contributed by atoms with Crippen LogP contribution in [0.25, 0.3) is 11.4 Å². The van der Waals surface area contributed by atoms with E-state index in [0.717, 1.165) is 37.1 Å². The topological polar surface area (TPSA) is 93.4 Å². The normalized spacial score (nSPS) is 16.8. The number of carbonyl (C=O) groups excluding carboxylic acids is 1. The number of nitrogens with zero attached hydrogens (tertiary/aromatic N) is 4. The van der Waals surface area contributed by atoms with Crippen LogP contribution in [0, 0.1) is 0 Å². The number of anilines is 1. The zero-order chi connectivity index (χ0) is 23.4. The zero-order valence-electron chi connectivity index (χ0n) is 17.8. The van der Waals surface area contributed by atoms with E-state index in [0.29, 0.717) is 29.6 Å². The molecule has 4 rings (SSSR count). The summed E-state index contributed by atoms with van der Waals surface area (Å²) in [6.45, 7) is 1.20. The van der Waals surface area contributed by atoms with E-state index in [9.17, 15) is 18.0 Å². The summed E-state index contributed by atoms with van der Waals surface area (Å²) < 4.78 is 48.6. The summed E-state index contributed by atoms with van der Waals surface area (Å²) in [4.78, 5) is 22.4. The third kappa shape index (κ3) is 5.55. The molecule has 1 fully saturated rings. The average molecular weight is 461 g/mol. The van der Waals surface area contributed by atoms with Gasteiger partial charge >= 0.3 is 6.18 Å². The van der Waals surface area contributed by atoms with Crippen LogP contribution in [-0.2, 0) is 22.3 Å². The molecule has 0 bridgehead atoms. The van der Waals surface area contributed by atoms with Crippen molar-refractivity contribution in [1.82, 2.24) is 20.0 Å². The Bertz CT molecular complexity index is 1080. The molecule has 0 aliphatic carbocycles. The molecule has 3 aromatic rings. The van der Waals surface area contributed by atoms with Crippen LogP contribution in [0.5, 0.6) is 0 Å². The molecule has 0 spiro atoms. The molecule has 0 radical (unpaired) electrons. The molecule has 1 aliphatic heterocycles. The van der Waals surface area contributed by atoms with Crippen molar-refractivity contribution in [3.63, 3.8) is 0 Å². The van der Waals surface area contributed by atoms with Crippen molar-refractivity contribution in [1.29, 1.82) is 0 Å². The Morgan fingerprint density at radius 1 is 1.24 bits per heavy atom. The van der Waals surface area contributed by atoms with Crippen LogP contribution in [0.1, 0.15) is 35.9 Å². The molecule has 1 unspecified atom stereocenters. The zero-order valence-corrected chi connectivity index (χ0v) is 17.8. The molecule has 8 nitrogen and oxygen atoms in total. The first-order valence-electron chi connectivity index (χ1n) is 10.3. The van der Waals surface area contributed by atoms with E-state index in [1.807, 2.05) is 0 Å². The fourth-order valence-electron chi connectivity index (χ4n) is 3.73. The van der Waals surface area contributed by atoms with Gasteiger partial charge in [0.05, 0.1) is 11.6 Å². The van der Waals surface area contributed by atoms with Gasteiger partial charge in [-0.15, -0.1) is 0 Å². The molecule has 1 aliphatic rings. The summed E-state index contributed by atoms with van der Waals surface area (Å²) in [5.74, 6) is 0.887. The molecule has 174 valence electrons. The molecule has 1 atom stereocenters. The number of likely N-dealkylation sites (tertiary alicyclic amines) is 1. The first kappa shape index (κ1) is 22.9. The van der Waals surface area contributed by atoms with Crippen LogP contribution in [0.4, 0.5) is 19.0 Å². The number of halogens is 3. The van der Waals surface area contributed by atoms with Crippen LogP contribution in [0.2, 0.25) is 0 Å². The number of hydrogen-bond acceptors (Lipinski definition) is 7. The van der Waals surface area contributed by atoms with Gasteiger partial charge < -0.3 is 14.6 Å². The molecular weight excluding hydrogens is 439 g/mol. The minimum Gasteiger partial charge on any atom is -0.375 e. The van der Waals surface area contributed by atoms with E-state index in [1.165, 1.54) is 25.4 Å². The third-order valence-electron chi connectivity index (χ3n) is 5.32. The highest BCUT2D eigenvalue weighted by Gasteiger charge is 2.32. The second-order valence-electron chi connectivity index (χ2n) is 7.69. The van der Waals surface area contributed by atoms with E-state index in [2.05, 4.69) is 25.3 Å². The molecule has 0 saturated carbocycles. The monoisotopic (exact) mass is 461 g/mol. The van der Waals surface area contributed by atoms with Gasteiger partial charge in [-0.25, -0.2) is 4.98 Å². The van der Waals surface area contributed by atoms with Crippen molar-refractivity contribution in [3.05, 3.63) is 59.6 Å². The number of benzene rings is 1. The summed E-state index contributed by atoms with van der Waals surface area (Å²) >= 11 is 0. The van der Waals surface area contributed by atoms with Crippen molar-refractivity contribution in [3.8, 4) is 11.4 Å². The standard InChI is InChI=1S/C22H22F3N5O3/c1-32-13-19(31)27-18-9-6-15(11-26-18)20-28-21(33-29-20)17-3-2-10-30(17)12-14-4-7-16(8-5-14)22(23,24)25/h4-9,11,17H,2-3,10,12-13H2,1H3,(H,26,27,31). The second kappa shape index (κ2) is 9.67. The molecule has 1 aromatic carbocycles. The number of ether oxygens (including phenoxy) is 1. The summed E-state index contributed by atoms with van der Waals surface area (Å²) in [6.07, 6.45) is -1.09. The predicted octanol–water partition coefficient (Wildman–Crippen LogP) is 4.07. The lowest BCUT2D eigenvalue weighted by atomic mass is 10.1. The lowest BCUT2D eigenvalue weighted by Crippen LogP contribution is -2.23. The van der Waals surface area contributed by atoms with Gasteiger partial charge in [-0.1, -0.05) is 17.3 Å². The fourth-order valence-corrected chi connectivity index (χ4v) is 3.73. The molecule has 1 saturated heterocycles. The molecule has 33 heavy (non-hydrogen) atoms. The largest absolute Gasteiger partial charge is 0.416 e. The Kier molecular flexibility index (Phi) is 6.70. The smallest absolute Gasteiger partial charge is 0.375 e. The number of amides is 1. The van der Waals surface area contributed by atoms with Crippen LogP contribution in [-0.4, -0.2) is 46.2 Å². The number of aromatic nitrogens is 3. The van der Waals surface area contributed by atoms with Gasteiger partial charge in [0, 0.05) is 25.4 Å². The maximum Gasteiger partial charge on any atom is 0.416 e. The highest BCUT2D eigenvalue weighted by molar-refractivity contribution is 5.90. The molecule has 2 aromatic heterocycles. The van der Waals surface area contributed by atoms with E-state index in [-0.39, 0.29) is 18.6 Å². The number of carbonyl (C=O) groups is 1. The lowest BCUT2D eigenvalue weighted by molar-refractivity contribution is -0.137. The maximum atomic E-state index is 12.8. The van der Waals surface area contributed by atoms with Gasteiger partial charge in [0.15, 0.2) is 0 Å². The van der Waals surface area contributed by atoms with Crippen molar-refractivity contribution in [2.75, 3.05) is 25.6 Å². The van der Waals surface area contributed by atoms with Gasteiger partial charge in [0.25, 0.3) is 5.91 Å². The number of nitrogens with one attached hydrogen (secondary N) is 1. The van der Waals surface area contributed by atoms with Gasteiger partial charge in [0.2, 0.25) is 11.7 Å². The minimum atomic E-state index is -4.35. The fraction of sp³-hybridized carbons (Fsp3) is 0.364. The van der Waals surface area contributed by atoms with Crippen molar-refractivity contribution in [2.45, 2.75) is 31.6 Å². The minimum absolute atomic E-state index is 0.0675. The Morgan fingerprint density at radius 2 is 2.03 bits per heavy atom. The van der Waals surface area contributed by atoms with Crippen molar-refractivity contribution >= 4 is 11.7 Å². The van der Waals surface area contributed by atoms with Gasteiger partial charge in [-0.2, -0.15) is 18.2 Å². The Hall–Kier alpha value is -3.31. The lowest BCUT2D eigenvalue weighted by Gasteiger charge is -2.21. The molecule has 11 heteroatoms. The van der Waals surface area contributed by atoms with Gasteiger partial charge in [0.1, 0.15) is 12.4 Å². The Morgan fingerprint density at radius 3 is 2.70 bits per heavy atom. The van der Waals surface area contributed by atoms with Gasteiger partial charge in [-0.3, -0.25) is 9.69 Å². The molecular formula is C22H22F3N5O3. The number of rotatable bonds is 7. The van der Waals surface area contributed by atoms with E-state index >= 15 is 0 Å². The highest BCUT2D eigenvalue weighted by atomic mass is 19.4. The van der Waals surface area contributed by atoms with Gasteiger partial charge in [-0.05, 0) is 49.2 Å². The number of alkyl halides is 3. The number of methoxy groups -OCH3 is 1. The average Bonchev–Trinajstić information content (AvgIpc) is 3.44. The Balaban J connectivity index is 1.42. The number of pyridine rings is 1. The maximum absolute atomic E-state index is 12.8. The van der Waals surface area contributed by atoms with Crippen LogP contribution in [0.3, 0.4) is 0 Å². The SMILES string of the molecule is COCC(=O)Nc1ccc(-c2noc(C3CCCN3Cc3ccc(C(F)(F)F)cc3)n2)cn1. The van der Waals surface area contributed by atoms with Crippen LogP contribution >= 0.6 is 0 Å². The molecule has 3 heterocycles.